The van der Waals surface area contributed by atoms with Crippen LogP contribution in [-0.2, 0) is 20.2 Å². The standard InChI is InChI=1S/C13H17N3O3S/c17-9-13(6-1-2-7-13)11-5-8-14-12(15-11)16-20(18,19)10-3-4-10/h5,8-10H,1-4,6-7H2,(H,14,15,16). The first-order valence-electron chi connectivity index (χ1n) is 6.87. The molecule has 0 radical (unpaired) electrons. The maximum atomic E-state index is 11.9. The molecule has 2 aliphatic carbocycles. The van der Waals surface area contributed by atoms with Gasteiger partial charge in [0.25, 0.3) is 0 Å². The summed E-state index contributed by atoms with van der Waals surface area (Å²) in [7, 11) is -3.37. The van der Waals surface area contributed by atoms with Gasteiger partial charge in [-0.3, -0.25) is 4.72 Å². The number of nitrogens with one attached hydrogen (secondary N) is 1. The van der Waals surface area contributed by atoms with E-state index in [1.807, 2.05) is 0 Å². The summed E-state index contributed by atoms with van der Waals surface area (Å²) in [5.41, 5.74) is 0.0522. The average molecular weight is 295 g/mol. The normalized spacial score (nSPS) is 21.6. The summed E-state index contributed by atoms with van der Waals surface area (Å²) in [4.78, 5) is 19.7. The Morgan fingerprint density at radius 2 is 2.00 bits per heavy atom. The van der Waals surface area contributed by atoms with Crippen LogP contribution in [0, 0.1) is 0 Å². The second-order valence-corrected chi connectivity index (χ2v) is 7.55. The maximum absolute atomic E-state index is 11.9. The molecule has 0 amide bonds. The number of anilines is 1. The largest absolute Gasteiger partial charge is 0.302 e. The first kappa shape index (κ1) is 13.5. The summed E-state index contributed by atoms with van der Waals surface area (Å²) in [5, 5.41) is -0.318. The van der Waals surface area contributed by atoms with Crippen LogP contribution in [0.5, 0.6) is 0 Å². The first-order chi connectivity index (χ1) is 9.56. The molecule has 0 bridgehead atoms. The van der Waals surface area contributed by atoms with Crippen LogP contribution in [0.15, 0.2) is 12.3 Å². The Bertz CT molecular complexity index is 620. The summed E-state index contributed by atoms with van der Waals surface area (Å²) >= 11 is 0. The van der Waals surface area contributed by atoms with Crippen molar-refractivity contribution in [1.82, 2.24) is 9.97 Å². The van der Waals surface area contributed by atoms with Crippen LogP contribution in [-0.4, -0.2) is 29.9 Å². The van der Waals surface area contributed by atoms with Crippen LogP contribution in [0.3, 0.4) is 0 Å². The predicted molar refractivity (Wildman–Crippen MR) is 73.8 cm³/mol. The minimum absolute atomic E-state index is 0.0718. The second-order valence-electron chi connectivity index (χ2n) is 5.59. The van der Waals surface area contributed by atoms with E-state index in [-0.39, 0.29) is 11.2 Å². The van der Waals surface area contributed by atoms with Crippen molar-refractivity contribution in [2.45, 2.75) is 49.2 Å². The van der Waals surface area contributed by atoms with Crippen molar-refractivity contribution in [3.8, 4) is 0 Å². The lowest BCUT2D eigenvalue weighted by Gasteiger charge is -2.21. The molecule has 0 saturated heterocycles. The number of hydrogen-bond donors (Lipinski definition) is 1. The zero-order valence-electron chi connectivity index (χ0n) is 11.1. The van der Waals surface area contributed by atoms with Crippen molar-refractivity contribution in [3.05, 3.63) is 18.0 Å². The summed E-state index contributed by atoms with van der Waals surface area (Å²) in [6.07, 6.45) is 7.35. The monoisotopic (exact) mass is 295 g/mol. The third-order valence-electron chi connectivity index (χ3n) is 4.08. The Morgan fingerprint density at radius 1 is 1.30 bits per heavy atom. The maximum Gasteiger partial charge on any atom is 0.237 e. The van der Waals surface area contributed by atoms with Crippen LogP contribution in [0.1, 0.15) is 44.2 Å². The molecule has 7 heteroatoms. The zero-order chi connectivity index (χ0) is 14.2. The molecule has 2 aliphatic rings. The quantitative estimate of drug-likeness (QED) is 0.829. The highest BCUT2D eigenvalue weighted by Crippen LogP contribution is 2.38. The topological polar surface area (TPSA) is 89.0 Å². The van der Waals surface area contributed by atoms with E-state index in [1.165, 1.54) is 6.20 Å². The molecule has 0 aromatic carbocycles. The van der Waals surface area contributed by atoms with Gasteiger partial charge in [-0.05, 0) is 31.7 Å². The Kier molecular flexibility index (Phi) is 3.24. The fourth-order valence-corrected chi connectivity index (χ4v) is 3.99. The van der Waals surface area contributed by atoms with Gasteiger partial charge >= 0.3 is 0 Å². The van der Waals surface area contributed by atoms with E-state index < -0.39 is 15.4 Å². The molecule has 1 aromatic heterocycles. The van der Waals surface area contributed by atoms with Crippen LogP contribution in [0.4, 0.5) is 5.95 Å². The molecular weight excluding hydrogens is 278 g/mol. The van der Waals surface area contributed by atoms with Crippen LogP contribution in [0.25, 0.3) is 0 Å². The van der Waals surface area contributed by atoms with E-state index in [2.05, 4.69) is 14.7 Å². The van der Waals surface area contributed by atoms with Crippen molar-refractivity contribution in [1.29, 1.82) is 0 Å². The minimum atomic E-state index is -3.37. The number of hydrogen-bond acceptors (Lipinski definition) is 5. The lowest BCUT2D eigenvalue weighted by molar-refractivity contribution is -0.112. The Morgan fingerprint density at radius 3 is 2.60 bits per heavy atom. The Hall–Kier alpha value is -1.50. The molecule has 0 aliphatic heterocycles. The third-order valence-corrected chi connectivity index (χ3v) is 5.90. The van der Waals surface area contributed by atoms with Crippen LogP contribution >= 0.6 is 0 Å². The van der Waals surface area contributed by atoms with Gasteiger partial charge < -0.3 is 4.79 Å². The number of nitrogens with zero attached hydrogens (tertiary/aromatic N) is 2. The van der Waals surface area contributed by atoms with Crippen molar-refractivity contribution < 1.29 is 13.2 Å². The van der Waals surface area contributed by atoms with Gasteiger partial charge in [0, 0.05) is 6.20 Å². The lowest BCUT2D eigenvalue weighted by atomic mass is 9.84. The molecule has 1 aromatic rings. The van der Waals surface area contributed by atoms with Gasteiger partial charge in [0.15, 0.2) is 0 Å². The number of carbonyl (C=O) groups excluding carboxylic acids is 1. The highest BCUT2D eigenvalue weighted by Gasteiger charge is 2.38. The highest BCUT2D eigenvalue weighted by molar-refractivity contribution is 7.93. The number of aldehydes is 1. The molecule has 0 atom stereocenters. The SMILES string of the molecule is O=CC1(c2ccnc(NS(=O)(=O)C3CC3)n2)CCCC1. The Balaban J connectivity index is 1.87. The number of aromatic nitrogens is 2. The van der Waals surface area contributed by atoms with E-state index in [1.54, 1.807) is 6.07 Å². The fraction of sp³-hybridized carbons (Fsp3) is 0.615. The smallest absolute Gasteiger partial charge is 0.237 e. The van der Waals surface area contributed by atoms with Crippen molar-refractivity contribution >= 4 is 22.3 Å². The summed E-state index contributed by atoms with van der Waals surface area (Å²) in [6, 6.07) is 1.70. The van der Waals surface area contributed by atoms with E-state index in [9.17, 15) is 13.2 Å². The van der Waals surface area contributed by atoms with Gasteiger partial charge in [0.05, 0.1) is 16.4 Å². The molecule has 0 spiro atoms. The summed E-state index contributed by atoms with van der Waals surface area (Å²) < 4.78 is 26.2. The molecular formula is C13H17N3O3S. The van der Waals surface area contributed by atoms with Gasteiger partial charge in [-0.1, -0.05) is 12.8 Å². The second kappa shape index (κ2) is 4.80. The summed E-state index contributed by atoms with van der Waals surface area (Å²) in [5.74, 6) is 0.0718. The van der Waals surface area contributed by atoms with E-state index in [4.69, 9.17) is 0 Å². The average Bonchev–Trinajstić information content (AvgIpc) is 3.18. The van der Waals surface area contributed by atoms with Gasteiger partial charge in [0.1, 0.15) is 6.29 Å². The van der Waals surface area contributed by atoms with E-state index >= 15 is 0 Å². The van der Waals surface area contributed by atoms with Gasteiger partial charge in [-0.25, -0.2) is 18.4 Å². The zero-order valence-corrected chi connectivity index (χ0v) is 11.9. The van der Waals surface area contributed by atoms with Gasteiger partial charge in [-0.2, -0.15) is 0 Å². The van der Waals surface area contributed by atoms with E-state index in [0.717, 1.165) is 32.0 Å². The Labute approximate surface area is 118 Å². The van der Waals surface area contributed by atoms with E-state index in [0.29, 0.717) is 18.5 Å². The lowest BCUT2D eigenvalue weighted by Crippen LogP contribution is -2.26. The molecule has 1 N–H and O–H groups in total. The van der Waals surface area contributed by atoms with Crippen molar-refractivity contribution in [2.24, 2.45) is 0 Å². The molecule has 1 heterocycles. The number of sulfonamides is 1. The van der Waals surface area contributed by atoms with Crippen LogP contribution < -0.4 is 4.72 Å². The minimum Gasteiger partial charge on any atom is -0.302 e. The van der Waals surface area contributed by atoms with Crippen molar-refractivity contribution in [3.63, 3.8) is 0 Å². The summed E-state index contributed by atoms with van der Waals surface area (Å²) in [6.45, 7) is 0. The molecule has 2 fully saturated rings. The molecule has 2 saturated carbocycles. The third kappa shape index (κ3) is 2.42. The van der Waals surface area contributed by atoms with Crippen molar-refractivity contribution in [2.75, 3.05) is 4.72 Å². The molecule has 3 rings (SSSR count). The van der Waals surface area contributed by atoms with Crippen LogP contribution in [0.2, 0.25) is 0 Å². The molecule has 0 unspecified atom stereocenters. The van der Waals surface area contributed by atoms with Gasteiger partial charge in [0.2, 0.25) is 16.0 Å². The number of carbonyl (C=O) groups is 1. The molecule has 20 heavy (non-hydrogen) atoms. The number of rotatable bonds is 5. The highest BCUT2D eigenvalue weighted by atomic mass is 32.2. The first-order valence-corrected chi connectivity index (χ1v) is 8.42. The van der Waals surface area contributed by atoms with Gasteiger partial charge in [-0.15, -0.1) is 0 Å². The molecule has 108 valence electrons. The predicted octanol–water partition coefficient (Wildman–Crippen LogP) is 1.39. The fourth-order valence-electron chi connectivity index (χ4n) is 2.71. The molecule has 6 nitrogen and oxygen atoms in total.